The smallest absolute Gasteiger partial charge is 0.257 e. The van der Waals surface area contributed by atoms with Crippen molar-refractivity contribution in [3.05, 3.63) is 53.7 Å². The Balaban J connectivity index is 1.46. The van der Waals surface area contributed by atoms with Crippen LogP contribution in [-0.2, 0) is 9.59 Å². The lowest BCUT2D eigenvalue weighted by molar-refractivity contribution is -0.118. The van der Waals surface area contributed by atoms with Gasteiger partial charge in [0.15, 0.2) is 0 Å². The quantitative estimate of drug-likeness (QED) is 0.848. The first-order valence-corrected chi connectivity index (χ1v) is 9.87. The second-order valence-corrected chi connectivity index (χ2v) is 7.79. The van der Waals surface area contributed by atoms with E-state index in [9.17, 15) is 14.4 Å². The number of rotatable bonds is 5. The molecular formula is C22H24N4O3. The zero-order chi connectivity index (χ0) is 20.6. The molecule has 2 aliphatic heterocycles. The number of nitrogens with one attached hydrogen (secondary N) is 1. The van der Waals surface area contributed by atoms with Crippen LogP contribution in [-0.4, -0.2) is 39.8 Å². The third kappa shape index (κ3) is 3.37. The zero-order valence-electron chi connectivity index (χ0n) is 16.6. The van der Waals surface area contributed by atoms with E-state index in [0.717, 1.165) is 5.56 Å². The number of para-hydroxylation sites is 1. The molecule has 3 amide bonds. The van der Waals surface area contributed by atoms with E-state index in [0.29, 0.717) is 42.9 Å². The zero-order valence-corrected chi connectivity index (χ0v) is 16.6. The number of nitrogens with zero attached hydrogens (tertiary/aromatic N) is 3. The van der Waals surface area contributed by atoms with Crippen molar-refractivity contribution in [2.24, 2.45) is 0 Å². The summed E-state index contributed by atoms with van der Waals surface area (Å²) in [7, 11) is 0. The molecule has 7 heteroatoms. The number of hydrogen-bond donors (Lipinski definition) is 1. The van der Waals surface area contributed by atoms with Crippen LogP contribution in [0.4, 0.5) is 11.5 Å². The highest BCUT2D eigenvalue weighted by Crippen LogP contribution is 2.43. The molecule has 2 aromatic rings. The number of fused-ring (bicyclic) bond motifs is 3. The SMILES string of the molecule is Cc1ccnc(NC(=O)CCCN2C(=O)c3ccccc3N3C(=O)CCC23C)c1. The first-order chi connectivity index (χ1) is 13.9. The first kappa shape index (κ1) is 19.1. The molecule has 2 aliphatic rings. The van der Waals surface area contributed by atoms with E-state index in [1.54, 1.807) is 28.1 Å². The van der Waals surface area contributed by atoms with E-state index in [4.69, 9.17) is 0 Å². The van der Waals surface area contributed by atoms with E-state index >= 15 is 0 Å². The number of carbonyl (C=O) groups excluding carboxylic acids is 3. The lowest BCUT2D eigenvalue weighted by Gasteiger charge is -2.48. The molecule has 1 saturated heterocycles. The van der Waals surface area contributed by atoms with Crippen molar-refractivity contribution in [3.8, 4) is 0 Å². The lowest BCUT2D eigenvalue weighted by atomic mass is 9.98. The highest BCUT2D eigenvalue weighted by atomic mass is 16.2. The van der Waals surface area contributed by atoms with Crippen molar-refractivity contribution in [3.63, 3.8) is 0 Å². The third-order valence-corrected chi connectivity index (χ3v) is 5.71. The number of benzene rings is 1. The Morgan fingerprint density at radius 2 is 2.03 bits per heavy atom. The summed E-state index contributed by atoms with van der Waals surface area (Å²) in [6.07, 6.45) is 3.43. The number of hydrogen-bond acceptors (Lipinski definition) is 4. The molecule has 3 heterocycles. The summed E-state index contributed by atoms with van der Waals surface area (Å²) in [5, 5.41) is 2.79. The average Bonchev–Trinajstić information content (AvgIpc) is 3.00. The minimum Gasteiger partial charge on any atom is -0.315 e. The van der Waals surface area contributed by atoms with Crippen LogP contribution in [0.5, 0.6) is 0 Å². The Hall–Kier alpha value is -3.22. The van der Waals surface area contributed by atoms with Gasteiger partial charge in [0.2, 0.25) is 11.8 Å². The van der Waals surface area contributed by atoms with Crippen molar-refractivity contribution in [2.45, 2.75) is 45.2 Å². The van der Waals surface area contributed by atoms with Gasteiger partial charge in [-0.05, 0) is 56.5 Å². The predicted octanol–water partition coefficient (Wildman–Crippen LogP) is 3.11. The number of carbonyl (C=O) groups is 3. The van der Waals surface area contributed by atoms with Crippen molar-refractivity contribution in [1.82, 2.24) is 9.88 Å². The van der Waals surface area contributed by atoms with E-state index < -0.39 is 5.66 Å². The molecule has 1 N–H and O–H groups in total. The molecule has 0 spiro atoms. The van der Waals surface area contributed by atoms with Crippen molar-refractivity contribution in [1.29, 1.82) is 0 Å². The summed E-state index contributed by atoms with van der Waals surface area (Å²) in [6.45, 7) is 4.27. The van der Waals surface area contributed by atoms with Crippen molar-refractivity contribution < 1.29 is 14.4 Å². The van der Waals surface area contributed by atoms with Gasteiger partial charge in [0, 0.05) is 25.6 Å². The summed E-state index contributed by atoms with van der Waals surface area (Å²) in [5.74, 6) is 0.325. The number of amides is 3. The molecule has 1 atom stereocenters. The molecule has 4 rings (SSSR count). The Morgan fingerprint density at radius 3 is 2.83 bits per heavy atom. The van der Waals surface area contributed by atoms with E-state index in [1.165, 1.54) is 0 Å². The molecule has 1 aromatic carbocycles. The van der Waals surface area contributed by atoms with E-state index in [-0.39, 0.29) is 24.1 Å². The first-order valence-electron chi connectivity index (χ1n) is 9.87. The minimum absolute atomic E-state index is 0.0284. The van der Waals surface area contributed by atoms with Crippen molar-refractivity contribution in [2.75, 3.05) is 16.8 Å². The standard InChI is InChI=1S/C22H24N4O3/c1-15-10-12-23-18(14-15)24-19(27)8-5-13-25-21(29)16-6-3-4-7-17(16)26-20(28)9-11-22(25,26)2/h3-4,6-7,10,12,14H,5,8-9,11,13H2,1-2H3,(H,23,24,27). The number of aryl methyl sites for hydroxylation is 1. The molecule has 1 unspecified atom stereocenters. The molecule has 1 fully saturated rings. The van der Waals surface area contributed by atoms with Gasteiger partial charge in [-0.25, -0.2) is 4.98 Å². The lowest BCUT2D eigenvalue weighted by Crippen LogP contribution is -2.62. The molecule has 0 saturated carbocycles. The fourth-order valence-corrected chi connectivity index (χ4v) is 4.25. The third-order valence-electron chi connectivity index (χ3n) is 5.71. The fourth-order valence-electron chi connectivity index (χ4n) is 4.25. The summed E-state index contributed by atoms with van der Waals surface area (Å²) in [5.41, 5.74) is 1.55. The number of pyridine rings is 1. The van der Waals surface area contributed by atoms with Crippen LogP contribution >= 0.6 is 0 Å². The highest BCUT2D eigenvalue weighted by molar-refractivity contribution is 6.10. The van der Waals surface area contributed by atoms with Gasteiger partial charge in [0.05, 0.1) is 11.3 Å². The van der Waals surface area contributed by atoms with Gasteiger partial charge in [-0.15, -0.1) is 0 Å². The summed E-state index contributed by atoms with van der Waals surface area (Å²) in [4.78, 5) is 45.6. The maximum Gasteiger partial charge on any atom is 0.257 e. The average molecular weight is 392 g/mol. The van der Waals surface area contributed by atoms with Crippen LogP contribution in [0.3, 0.4) is 0 Å². The molecule has 0 radical (unpaired) electrons. The number of anilines is 2. The Morgan fingerprint density at radius 1 is 1.24 bits per heavy atom. The van der Waals surface area contributed by atoms with Gasteiger partial charge in [-0.3, -0.25) is 19.3 Å². The number of aromatic nitrogens is 1. The second-order valence-electron chi connectivity index (χ2n) is 7.79. The monoisotopic (exact) mass is 392 g/mol. The molecule has 0 aliphatic carbocycles. The minimum atomic E-state index is -0.683. The van der Waals surface area contributed by atoms with Crippen LogP contribution in [0.25, 0.3) is 0 Å². The van der Waals surface area contributed by atoms with Gasteiger partial charge in [0.1, 0.15) is 11.5 Å². The van der Waals surface area contributed by atoms with Gasteiger partial charge in [-0.1, -0.05) is 12.1 Å². The van der Waals surface area contributed by atoms with E-state index in [1.807, 2.05) is 38.1 Å². The fraction of sp³-hybridized carbons (Fsp3) is 0.364. The van der Waals surface area contributed by atoms with Crippen LogP contribution in [0.15, 0.2) is 42.6 Å². The van der Waals surface area contributed by atoms with Crippen LogP contribution in [0.2, 0.25) is 0 Å². The Kier molecular flexibility index (Phi) is 4.82. The topological polar surface area (TPSA) is 82.6 Å². The van der Waals surface area contributed by atoms with E-state index in [2.05, 4.69) is 10.3 Å². The maximum atomic E-state index is 13.2. The molecule has 150 valence electrons. The molecule has 0 bridgehead atoms. The summed E-state index contributed by atoms with van der Waals surface area (Å²) < 4.78 is 0. The van der Waals surface area contributed by atoms with Gasteiger partial charge < -0.3 is 10.2 Å². The van der Waals surface area contributed by atoms with Crippen LogP contribution in [0.1, 0.15) is 48.5 Å². The Bertz CT molecular complexity index is 990. The maximum absolute atomic E-state index is 13.2. The highest BCUT2D eigenvalue weighted by Gasteiger charge is 2.52. The predicted molar refractivity (Wildman–Crippen MR) is 109 cm³/mol. The second kappa shape index (κ2) is 7.31. The molecule has 7 nitrogen and oxygen atoms in total. The summed E-state index contributed by atoms with van der Waals surface area (Å²) >= 11 is 0. The summed E-state index contributed by atoms with van der Waals surface area (Å²) in [6, 6.07) is 10.9. The van der Waals surface area contributed by atoms with Crippen molar-refractivity contribution >= 4 is 29.2 Å². The van der Waals surface area contributed by atoms with Gasteiger partial charge in [0.25, 0.3) is 5.91 Å². The van der Waals surface area contributed by atoms with Gasteiger partial charge >= 0.3 is 0 Å². The normalized spacial score (nSPS) is 20.5. The van der Waals surface area contributed by atoms with Gasteiger partial charge in [-0.2, -0.15) is 0 Å². The Labute approximate surface area is 169 Å². The van der Waals surface area contributed by atoms with Crippen LogP contribution in [0, 0.1) is 6.92 Å². The van der Waals surface area contributed by atoms with Crippen LogP contribution < -0.4 is 10.2 Å². The molecule has 29 heavy (non-hydrogen) atoms. The largest absolute Gasteiger partial charge is 0.315 e. The molecular weight excluding hydrogens is 368 g/mol. The molecule has 1 aromatic heterocycles.